The Kier molecular flexibility index (Phi) is 5.47. The van der Waals surface area contributed by atoms with Crippen LogP contribution in [0.3, 0.4) is 0 Å². The van der Waals surface area contributed by atoms with Gasteiger partial charge in [0, 0.05) is 5.56 Å². The lowest BCUT2D eigenvalue weighted by Gasteiger charge is -2.18. The van der Waals surface area contributed by atoms with Gasteiger partial charge in [-0.25, -0.2) is 4.79 Å². The van der Waals surface area contributed by atoms with Gasteiger partial charge in [0.1, 0.15) is 0 Å². The number of carbonyl (C=O) groups excluding carboxylic acids is 1. The molecule has 0 saturated heterocycles. The average molecular weight is 266 g/mol. The third kappa shape index (κ3) is 4.04. The van der Waals surface area contributed by atoms with Gasteiger partial charge in [0.05, 0.1) is 6.10 Å². The monoisotopic (exact) mass is 266 g/mol. The Morgan fingerprint density at radius 1 is 1.37 bits per heavy atom. The van der Waals surface area contributed by atoms with E-state index in [1.807, 2.05) is 0 Å². The van der Waals surface area contributed by atoms with E-state index < -0.39 is 24.0 Å². The number of carbonyl (C=O) groups is 2. The fourth-order valence-electron chi connectivity index (χ4n) is 1.72. The highest BCUT2D eigenvalue weighted by Gasteiger charge is 2.26. The first-order chi connectivity index (χ1) is 8.97. The molecule has 0 spiro atoms. The Labute approximate surface area is 111 Å². The second kappa shape index (κ2) is 6.86. The van der Waals surface area contributed by atoms with E-state index in [1.165, 1.54) is 6.92 Å². The van der Waals surface area contributed by atoms with E-state index in [1.54, 1.807) is 24.3 Å². The summed E-state index contributed by atoms with van der Waals surface area (Å²) in [5.41, 5.74) is 6.58. The first-order valence-electron chi connectivity index (χ1n) is 5.97. The standard InChI is InChI=1S/C13H18N2O4/c1-8(16)11(13(18)19)15-12(17)10-5-3-2-4-9(10)6-7-14/h2-5,8,11,16H,6-7,14H2,1H3,(H,15,17)(H,18,19). The number of rotatable bonds is 6. The number of carboxylic acids is 1. The highest BCUT2D eigenvalue weighted by molar-refractivity contribution is 5.98. The lowest BCUT2D eigenvalue weighted by Crippen LogP contribution is -2.47. The van der Waals surface area contributed by atoms with Crippen LogP contribution in [0.5, 0.6) is 0 Å². The molecule has 6 nitrogen and oxygen atoms in total. The van der Waals surface area contributed by atoms with Gasteiger partial charge in [-0.15, -0.1) is 0 Å². The van der Waals surface area contributed by atoms with E-state index >= 15 is 0 Å². The van der Waals surface area contributed by atoms with Crippen molar-refractivity contribution in [1.82, 2.24) is 5.32 Å². The molecule has 6 heteroatoms. The SMILES string of the molecule is CC(O)C(NC(=O)c1ccccc1CCN)C(=O)O. The van der Waals surface area contributed by atoms with E-state index in [-0.39, 0.29) is 0 Å². The highest BCUT2D eigenvalue weighted by atomic mass is 16.4. The maximum Gasteiger partial charge on any atom is 0.328 e. The molecule has 104 valence electrons. The molecule has 0 aliphatic heterocycles. The van der Waals surface area contributed by atoms with Crippen LogP contribution in [0.4, 0.5) is 0 Å². The molecular weight excluding hydrogens is 248 g/mol. The van der Waals surface area contributed by atoms with Crippen LogP contribution >= 0.6 is 0 Å². The largest absolute Gasteiger partial charge is 0.480 e. The molecule has 1 amide bonds. The first-order valence-corrected chi connectivity index (χ1v) is 5.97. The number of carboxylic acid groups (broad SMARTS) is 1. The van der Waals surface area contributed by atoms with Gasteiger partial charge in [0.15, 0.2) is 6.04 Å². The minimum Gasteiger partial charge on any atom is -0.480 e. The zero-order chi connectivity index (χ0) is 14.4. The van der Waals surface area contributed by atoms with E-state index in [0.717, 1.165) is 5.56 Å². The van der Waals surface area contributed by atoms with Gasteiger partial charge in [-0.3, -0.25) is 4.79 Å². The predicted molar refractivity (Wildman–Crippen MR) is 69.8 cm³/mol. The molecule has 0 aliphatic carbocycles. The fraction of sp³-hybridized carbons (Fsp3) is 0.385. The fourth-order valence-corrected chi connectivity index (χ4v) is 1.72. The highest BCUT2D eigenvalue weighted by Crippen LogP contribution is 2.10. The van der Waals surface area contributed by atoms with Gasteiger partial charge in [0.25, 0.3) is 5.91 Å². The molecule has 2 atom stereocenters. The zero-order valence-electron chi connectivity index (χ0n) is 10.7. The third-order valence-electron chi connectivity index (χ3n) is 2.71. The summed E-state index contributed by atoms with van der Waals surface area (Å²) in [6.07, 6.45) is -0.654. The molecule has 0 bridgehead atoms. The van der Waals surface area contributed by atoms with Crippen molar-refractivity contribution in [3.8, 4) is 0 Å². The number of nitrogens with one attached hydrogen (secondary N) is 1. The summed E-state index contributed by atoms with van der Waals surface area (Å²) in [6, 6.07) is 5.50. The van der Waals surface area contributed by atoms with Crippen LogP contribution in [0.2, 0.25) is 0 Å². The predicted octanol–water partition coefficient (Wildman–Crippen LogP) is -0.248. The number of aliphatic hydroxyl groups excluding tert-OH is 1. The normalized spacial score (nSPS) is 13.6. The van der Waals surface area contributed by atoms with Crippen LogP contribution in [0, 0.1) is 0 Å². The molecule has 1 rings (SSSR count). The molecule has 1 aromatic carbocycles. The molecule has 5 N–H and O–H groups in total. The molecule has 0 heterocycles. The van der Waals surface area contributed by atoms with Crippen molar-refractivity contribution in [2.75, 3.05) is 6.54 Å². The summed E-state index contributed by atoms with van der Waals surface area (Å²) in [4.78, 5) is 23.0. The Balaban J connectivity index is 2.91. The van der Waals surface area contributed by atoms with Crippen LogP contribution in [0.1, 0.15) is 22.8 Å². The number of nitrogens with two attached hydrogens (primary N) is 1. The number of aliphatic carboxylic acids is 1. The summed E-state index contributed by atoms with van der Waals surface area (Å²) in [5, 5.41) is 20.6. The Bertz CT molecular complexity index is 460. The number of benzene rings is 1. The molecule has 0 aromatic heterocycles. The lowest BCUT2D eigenvalue weighted by molar-refractivity contribution is -0.141. The molecule has 0 aliphatic rings. The number of aliphatic hydroxyl groups is 1. The second-order valence-electron chi connectivity index (χ2n) is 4.23. The van der Waals surface area contributed by atoms with Gasteiger partial charge in [-0.2, -0.15) is 0 Å². The summed E-state index contributed by atoms with van der Waals surface area (Å²) in [5.74, 6) is -1.81. The topological polar surface area (TPSA) is 113 Å². The number of hydrogen-bond acceptors (Lipinski definition) is 4. The summed E-state index contributed by atoms with van der Waals surface area (Å²) in [6.45, 7) is 1.70. The molecular formula is C13H18N2O4. The molecule has 19 heavy (non-hydrogen) atoms. The van der Waals surface area contributed by atoms with Crippen molar-refractivity contribution in [1.29, 1.82) is 0 Å². The van der Waals surface area contributed by atoms with Crippen molar-refractivity contribution < 1.29 is 19.8 Å². The second-order valence-corrected chi connectivity index (χ2v) is 4.23. The quantitative estimate of drug-likeness (QED) is 0.567. The Morgan fingerprint density at radius 2 is 2.00 bits per heavy atom. The van der Waals surface area contributed by atoms with Gasteiger partial charge < -0.3 is 21.3 Å². The first kappa shape index (κ1) is 15.1. The zero-order valence-corrected chi connectivity index (χ0v) is 10.7. The molecule has 0 saturated carbocycles. The average Bonchev–Trinajstić information content (AvgIpc) is 2.36. The summed E-state index contributed by atoms with van der Waals surface area (Å²) in [7, 11) is 0. The van der Waals surface area contributed by atoms with Crippen molar-refractivity contribution in [3.05, 3.63) is 35.4 Å². The van der Waals surface area contributed by atoms with Crippen LogP contribution in [-0.4, -0.2) is 40.8 Å². The van der Waals surface area contributed by atoms with Crippen LogP contribution in [0.25, 0.3) is 0 Å². The Hall–Kier alpha value is -1.92. The van der Waals surface area contributed by atoms with Crippen LogP contribution < -0.4 is 11.1 Å². The maximum absolute atomic E-state index is 12.0. The molecule has 0 fully saturated rings. The van der Waals surface area contributed by atoms with Crippen molar-refractivity contribution >= 4 is 11.9 Å². The van der Waals surface area contributed by atoms with E-state index in [4.69, 9.17) is 10.8 Å². The van der Waals surface area contributed by atoms with Crippen molar-refractivity contribution in [3.63, 3.8) is 0 Å². The van der Waals surface area contributed by atoms with E-state index in [0.29, 0.717) is 18.5 Å². The van der Waals surface area contributed by atoms with Gasteiger partial charge in [-0.05, 0) is 31.5 Å². The summed E-state index contributed by atoms with van der Waals surface area (Å²) >= 11 is 0. The molecule has 2 unspecified atom stereocenters. The summed E-state index contributed by atoms with van der Waals surface area (Å²) < 4.78 is 0. The minimum absolute atomic E-state index is 0.375. The van der Waals surface area contributed by atoms with Crippen LogP contribution in [-0.2, 0) is 11.2 Å². The molecule has 0 radical (unpaired) electrons. The molecule has 1 aromatic rings. The number of amides is 1. The number of hydrogen-bond donors (Lipinski definition) is 4. The van der Waals surface area contributed by atoms with E-state index in [9.17, 15) is 14.7 Å². The maximum atomic E-state index is 12.0. The van der Waals surface area contributed by atoms with Crippen molar-refractivity contribution in [2.24, 2.45) is 5.73 Å². The van der Waals surface area contributed by atoms with Crippen LogP contribution in [0.15, 0.2) is 24.3 Å². The van der Waals surface area contributed by atoms with E-state index in [2.05, 4.69) is 5.32 Å². The van der Waals surface area contributed by atoms with Gasteiger partial charge in [-0.1, -0.05) is 18.2 Å². The third-order valence-corrected chi connectivity index (χ3v) is 2.71. The van der Waals surface area contributed by atoms with Gasteiger partial charge in [0.2, 0.25) is 0 Å². The van der Waals surface area contributed by atoms with Gasteiger partial charge >= 0.3 is 5.97 Å². The minimum atomic E-state index is -1.33. The lowest BCUT2D eigenvalue weighted by atomic mass is 10.0. The Morgan fingerprint density at radius 3 is 2.53 bits per heavy atom. The smallest absolute Gasteiger partial charge is 0.328 e. The van der Waals surface area contributed by atoms with Crippen molar-refractivity contribution in [2.45, 2.75) is 25.5 Å².